The lowest BCUT2D eigenvalue weighted by molar-refractivity contribution is -0.113. The fourth-order valence-electron chi connectivity index (χ4n) is 3.42. The third kappa shape index (κ3) is 4.73. The maximum atomic E-state index is 12.6. The molecule has 0 aliphatic heterocycles. The predicted molar refractivity (Wildman–Crippen MR) is 129 cm³/mol. The van der Waals surface area contributed by atoms with E-state index in [1.54, 1.807) is 12.4 Å². The van der Waals surface area contributed by atoms with Gasteiger partial charge >= 0.3 is 0 Å². The largest absolute Gasteiger partial charge is 0.325 e. The Labute approximate surface area is 192 Å². The zero-order valence-corrected chi connectivity index (χ0v) is 19.4. The van der Waals surface area contributed by atoms with Gasteiger partial charge in [0, 0.05) is 23.6 Å². The van der Waals surface area contributed by atoms with Gasteiger partial charge in [-0.15, -0.1) is 10.2 Å². The maximum absolute atomic E-state index is 12.6. The Kier molecular flexibility index (Phi) is 6.37. The predicted octanol–water partition coefficient (Wildman–Crippen LogP) is 5.29. The van der Waals surface area contributed by atoms with Crippen LogP contribution in [0.2, 0.25) is 0 Å². The van der Waals surface area contributed by atoms with Crippen LogP contribution in [-0.2, 0) is 4.79 Å². The van der Waals surface area contributed by atoms with Crippen LogP contribution >= 0.6 is 11.8 Å². The minimum absolute atomic E-state index is 0.0814. The molecule has 0 spiro atoms. The highest BCUT2D eigenvalue weighted by molar-refractivity contribution is 7.99. The summed E-state index contributed by atoms with van der Waals surface area (Å²) < 4.78 is 2.00. The van der Waals surface area contributed by atoms with E-state index in [9.17, 15) is 4.79 Å². The van der Waals surface area contributed by atoms with E-state index < -0.39 is 0 Å². The number of amides is 1. The van der Waals surface area contributed by atoms with Crippen molar-refractivity contribution in [2.24, 2.45) is 0 Å². The van der Waals surface area contributed by atoms with E-state index in [4.69, 9.17) is 0 Å². The number of carbonyl (C=O) groups excluding carboxylic acids is 1. The summed E-state index contributed by atoms with van der Waals surface area (Å²) in [5.74, 6) is 0.863. The van der Waals surface area contributed by atoms with Gasteiger partial charge in [-0.2, -0.15) is 0 Å². The molecule has 4 aromatic rings. The third-order valence-corrected chi connectivity index (χ3v) is 6.24. The van der Waals surface area contributed by atoms with Gasteiger partial charge in [0.2, 0.25) is 5.91 Å². The van der Waals surface area contributed by atoms with Crippen LogP contribution in [0, 0.1) is 27.7 Å². The average molecular weight is 444 g/mol. The molecule has 1 N–H and O–H groups in total. The molecule has 32 heavy (non-hydrogen) atoms. The Morgan fingerprint density at radius 1 is 0.906 bits per heavy atom. The smallest absolute Gasteiger partial charge is 0.234 e. The van der Waals surface area contributed by atoms with Gasteiger partial charge in [-0.3, -0.25) is 14.3 Å². The first-order chi connectivity index (χ1) is 15.4. The van der Waals surface area contributed by atoms with Gasteiger partial charge in [0.15, 0.2) is 11.0 Å². The van der Waals surface area contributed by atoms with E-state index in [0.29, 0.717) is 11.0 Å². The van der Waals surface area contributed by atoms with Crippen molar-refractivity contribution in [3.8, 4) is 17.1 Å². The molecule has 0 saturated carbocycles. The van der Waals surface area contributed by atoms with Gasteiger partial charge in [-0.05, 0) is 74.7 Å². The number of benzene rings is 2. The number of rotatable bonds is 6. The Morgan fingerprint density at radius 2 is 1.69 bits per heavy atom. The average Bonchev–Trinajstić information content (AvgIpc) is 3.21. The number of aryl methyl sites for hydroxylation is 4. The highest BCUT2D eigenvalue weighted by atomic mass is 32.2. The van der Waals surface area contributed by atoms with Crippen molar-refractivity contribution in [2.75, 3.05) is 11.1 Å². The van der Waals surface area contributed by atoms with Crippen molar-refractivity contribution in [2.45, 2.75) is 32.9 Å². The first-order valence-corrected chi connectivity index (χ1v) is 11.3. The topological polar surface area (TPSA) is 72.7 Å². The highest BCUT2D eigenvalue weighted by Gasteiger charge is 2.18. The number of pyridine rings is 1. The molecule has 0 aliphatic carbocycles. The molecular formula is C25H25N5OS. The van der Waals surface area contributed by atoms with E-state index in [1.807, 2.05) is 42.7 Å². The van der Waals surface area contributed by atoms with Gasteiger partial charge in [-0.1, -0.05) is 35.5 Å². The van der Waals surface area contributed by atoms with Gasteiger partial charge < -0.3 is 5.32 Å². The fraction of sp³-hybridized carbons (Fsp3) is 0.200. The normalized spacial score (nSPS) is 10.9. The Balaban J connectivity index is 1.61. The lowest BCUT2D eigenvalue weighted by Gasteiger charge is -2.12. The molecule has 2 aromatic carbocycles. The number of aromatic nitrogens is 4. The van der Waals surface area contributed by atoms with E-state index in [0.717, 1.165) is 22.5 Å². The van der Waals surface area contributed by atoms with Crippen molar-refractivity contribution < 1.29 is 4.79 Å². The number of hydrogen-bond donors (Lipinski definition) is 1. The molecule has 162 valence electrons. The van der Waals surface area contributed by atoms with Crippen molar-refractivity contribution in [3.63, 3.8) is 0 Å². The minimum atomic E-state index is -0.0814. The van der Waals surface area contributed by atoms with E-state index in [2.05, 4.69) is 58.6 Å². The number of nitrogens with zero attached hydrogens (tertiary/aromatic N) is 4. The summed E-state index contributed by atoms with van der Waals surface area (Å²) in [7, 11) is 0. The Bertz CT molecular complexity index is 1270. The molecule has 0 aliphatic rings. The summed E-state index contributed by atoms with van der Waals surface area (Å²) in [5.41, 5.74) is 7.31. The van der Waals surface area contributed by atoms with Gasteiger partial charge in [0.05, 0.1) is 11.4 Å². The van der Waals surface area contributed by atoms with Crippen molar-refractivity contribution in [1.29, 1.82) is 0 Å². The van der Waals surface area contributed by atoms with Crippen LogP contribution in [0.4, 0.5) is 5.69 Å². The van der Waals surface area contributed by atoms with Crippen LogP contribution in [0.15, 0.2) is 66.1 Å². The lowest BCUT2D eigenvalue weighted by Crippen LogP contribution is -2.15. The Morgan fingerprint density at radius 3 is 2.41 bits per heavy atom. The van der Waals surface area contributed by atoms with Crippen LogP contribution in [0.1, 0.15) is 22.3 Å². The standard InChI is InChI=1S/C25H25N5OS/c1-16-5-8-22(19(4)13-16)27-23(31)15-32-25-29-28-24(20-9-11-26-12-10-20)30(25)21-7-6-17(2)18(3)14-21/h5-14H,15H2,1-4H3,(H,27,31). The number of nitrogens with one attached hydrogen (secondary N) is 1. The second kappa shape index (κ2) is 9.36. The summed E-state index contributed by atoms with van der Waals surface area (Å²) in [6.45, 7) is 8.20. The van der Waals surface area contributed by atoms with Crippen LogP contribution in [0.3, 0.4) is 0 Å². The molecule has 0 radical (unpaired) electrons. The van der Waals surface area contributed by atoms with E-state index in [1.165, 1.54) is 28.5 Å². The molecule has 6 nitrogen and oxygen atoms in total. The monoisotopic (exact) mass is 443 g/mol. The molecule has 4 rings (SSSR count). The molecule has 2 heterocycles. The molecule has 2 aromatic heterocycles. The van der Waals surface area contributed by atoms with Crippen LogP contribution in [0.5, 0.6) is 0 Å². The summed E-state index contributed by atoms with van der Waals surface area (Å²) in [6, 6.07) is 16.0. The van der Waals surface area contributed by atoms with Gasteiger partial charge in [0.1, 0.15) is 0 Å². The molecular weight excluding hydrogens is 418 g/mol. The van der Waals surface area contributed by atoms with Crippen LogP contribution in [-0.4, -0.2) is 31.4 Å². The maximum Gasteiger partial charge on any atom is 0.234 e. The molecule has 0 fully saturated rings. The first kappa shape index (κ1) is 21.8. The SMILES string of the molecule is Cc1ccc(NC(=O)CSc2nnc(-c3ccncc3)n2-c2ccc(C)c(C)c2)c(C)c1. The molecule has 0 atom stereocenters. The van der Waals surface area contributed by atoms with Gasteiger partial charge in [-0.25, -0.2) is 0 Å². The van der Waals surface area contributed by atoms with E-state index >= 15 is 0 Å². The molecule has 0 bridgehead atoms. The second-order valence-corrected chi connectivity index (χ2v) is 8.74. The minimum Gasteiger partial charge on any atom is -0.325 e. The first-order valence-electron chi connectivity index (χ1n) is 10.4. The van der Waals surface area contributed by atoms with Crippen LogP contribution < -0.4 is 5.32 Å². The van der Waals surface area contributed by atoms with Crippen LogP contribution in [0.25, 0.3) is 17.1 Å². The summed E-state index contributed by atoms with van der Waals surface area (Å²) in [4.78, 5) is 16.8. The Hall–Kier alpha value is -3.45. The zero-order chi connectivity index (χ0) is 22.7. The second-order valence-electron chi connectivity index (χ2n) is 7.80. The highest BCUT2D eigenvalue weighted by Crippen LogP contribution is 2.29. The number of hydrogen-bond acceptors (Lipinski definition) is 5. The number of carbonyl (C=O) groups is 1. The van der Waals surface area contributed by atoms with Crippen molar-refractivity contribution in [1.82, 2.24) is 19.7 Å². The summed E-state index contributed by atoms with van der Waals surface area (Å²) in [5, 5.41) is 12.5. The molecule has 7 heteroatoms. The summed E-state index contributed by atoms with van der Waals surface area (Å²) in [6.07, 6.45) is 3.47. The van der Waals surface area contributed by atoms with Crippen molar-refractivity contribution in [3.05, 3.63) is 83.2 Å². The summed E-state index contributed by atoms with van der Waals surface area (Å²) >= 11 is 1.37. The number of thioether (sulfide) groups is 1. The molecule has 0 unspecified atom stereocenters. The van der Waals surface area contributed by atoms with E-state index in [-0.39, 0.29) is 11.7 Å². The molecule has 1 amide bonds. The zero-order valence-electron chi connectivity index (χ0n) is 18.6. The molecule has 0 saturated heterocycles. The third-order valence-electron chi connectivity index (χ3n) is 5.31. The number of anilines is 1. The van der Waals surface area contributed by atoms with Gasteiger partial charge in [0.25, 0.3) is 0 Å². The van der Waals surface area contributed by atoms with Crippen molar-refractivity contribution >= 4 is 23.4 Å². The quantitative estimate of drug-likeness (QED) is 0.410. The fourth-order valence-corrected chi connectivity index (χ4v) is 4.17. The lowest BCUT2D eigenvalue weighted by atomic mass is 10.1.